The number of Topliss-reactive ketones (excluding diaryl/α,β-unsaturated/α-hetero) is 1. The molecule has 3 heteroatoms. The van der Waals surface area contributed by atoms with Crippen molar-refractivity contribution in [3.05, 3.63) is 65.7 Å². The van der Waals surface area contributed by atoms with Crippen LogP contribution in [0.25, 0.3) is 0 Å². The molecule has 97 valence electrons. The maximum atomic E-state index is 12.2. The Hall–Kier alpha value is -1.57. The number of hydrogen-bond acceptors (Lipinski definition) is 2. The van der Waals surface area contributed by atoms with Crippen molar-refractivity contribution >= 4 is 21.8 Å². The quantitative estimate of drug-likeness (QED) is 0.625. The van der Waals surface area contributed by atoms with Crippen LogP contribution in [0.4, 0.5) is 0 Å². The Morgan fingerprint density at radius 1 is 1.11 bits per heavy atom. The summed E-state index contributed by atoms with van der Waals surface area (Å²) in [7, 11) is 1.64. The Labute approximate surface area is 121 Å². The summed E-state index contributed by atoms with van der Waals surface area (Å²) >= 11 is 2.97. The summed E-state index contributed by atoms with van der Waals surface area (Å²) in [6.45, 7) is 0. The van der Waals surface area contributed by atoms with E-state index in [1.807, 2.05) is 54.6 Å². The fourth-order valence-electron chi connectivity index (χ4n) is 1.86. The second kappa shape index (κ2) is 6.55. The van der Waals surface area contributed by atoms with E-state index >= 15 is 0 Å². The molecule has 0 aliphatic carbocycles. The third-order valence-electron chi connectivity index (χ3n) is 2.93. The molecule has 0 fully saturated rings. The first-order valence-electron chi connectivity index (χ1n) is 6.08. The summed E-state index contributed by atoms with van der Waals surface area (Å²) in [5.41, 5.74) is 1.87. The average molecular weight is 318 g/mol. The molecule has 0 saturated carbocycles. The molecule has 2 aromatic carbocycles. The molecule has 0 bridgehead atoms. The summed E-state index contributed by atoms with van der Waals surface area (Å²) in [6.07, 6.45) is 0.692. The second-order valence-electron chi connectivity index (χ2n) is 4.27. The molecule has 2 aromatic rings. The number of ether oxygens (including phenoxy) is 1. The SMILES string of the molecule is COc1ccc(CC([Se])C(=O)c2ccccc2)cc1. The van der Waals surface area contributed by atoms with Gasteiger partial charge in [-0.15, -0.1) is 0 Å². The van der Waals surface area contributed by atoms with Crippen LogP contribution in [0.2, 0.25) is 4.82 Å². The van der Waals surface area contributed by atoms with Crippen LogP contribution < -0.4 is 4.74 Å². The van der Waals surface area contributed by atoms with E-state index in [2.05, 4.69) is 16.0 Å². The fraction of sp³-hybridized carbons (Fsp3) is 0.188. The van der Waals surface area contributed by atoms with Crippen LogP contribution in [0.3, 0.4) is 0 Å². The first kappa shape index (κ1) is 13.9. The van der Waals surface area contributed by atoms with Crippen molar-refractivity contribution in [1.29, 1.82) is 0 Å². The van der Waals surface area contributed by atoms with Crippen molar-refractivity contribution in [3.8, 4) is 5.75 Å². The monoisotopic (exact) mass is 319 g/mol. The van der Waals surface area contributed by atoms with Crippen molar-refractivity contribution in [2.24, 2.45) is 0 Å². The molecule has 1 unspecified atom stereocenters. The fourth-order valence-corrected chi connectivity index (χ4v) is 2.55. The molecule has 1 atom stereocenters. The van der Waals surface area contributed by atoms with Gasteiger partial charge in [-0.25, -0.2) is 0 Å². The topological polar surface area (TPSA) is 26.3 Å². The Morgan fingerprint density at radius 3 is 2.32 bits per heavy atom. The van der Waals surface area contributed by atoms with E-state index in [-0.39, 0.29) is 10.6 Å². The molecule has 1 radical (unpaired) electrons. The third-order valence-corrected chi connectivity index (χ3v) is 3.73. The predicted molar refractivity (Wildman–Crippen MR) is 77.0 cm³/mol. The van der Waals surface area contributed by atoms with Crippen molar-refractivity contribution in [2.75, 3.05) is 7.11 Å². The number of methoxy groups -OCH3 is 1. The van der Waals surface area contributed by atoms with Crippen molar-refractivity contribution in [1.82, 2.24) is 0 Å². The van der Waals surface area contributed by atoms with Crippen LogP contribution in [0.1, 0.15) is 15.9 Å². The van der Waals surface area contributed by atoms with E-state index in [1.54, 1.807) is 7.11 Å². The number of hydrogen-bond donors (Lipinski definition) is 0. The van der Waals surface area contributed by atoms with Gasteiger partial charge in [0.15, 0.2) is 0 Å². The van der Waals surface area contributed by atoms with Crippen LogP contribution in [0.5, 0.6) is 5.75 Å². The van der Waals surface area contributed by atoms with Gasteiger partial charge in [-0.05, 0) is 0 Å². The molecule has 0 aromatic heterocycles. The van der Waals surface area contributed by atoms with Gasteiger partial charge in [0.1, 0.15) is 0 Å². The van der Waals surface area contributed by atoms with Gasteiger partial charge in [-0.2, -0.15) is 0 Å². The van der Waals surface area contributed by atoms with E-state index in [0.29, 0.717) is 6.42 Å². The van der Waals surface area contributed by atoms with Gasteiger partial charge in [0, 0.05) is 0 Å². The van der Waals surface area contributed by atoms with Gasteiger partial charge < -0.3 is 0 Å². The van der Waals surface area contributed by atoms with E-state index in [1.165, 1.54) is 0 Å². The van der Waals surface area contributed by atoms with E-state index in [4.69, 9.17) is 4.74 Å². The Balaban J connectivity index is 2.04. The molecule has 0 heterocycles. The Bertz CT molecular complexity index is 534. The van der Waals surface area contributed by atoms with Crippen LogP contribution in [0.15, 0.2) is 54.6 Å². The molecule has 2 rings (SSSR count). The number of rotatable bonds is 5. The van der Waals surface area contributed by atoms with Crippen LogP contribution in [-0.4, -0.2) is 28.9 Å². The van der Waals surface area contributed by atoms with Crippen molar-refractivity contribution in [3.63, 3.8) is 0 Å². The minimum atomic E-state index is -0.143. The zero-order valence-electron chi connectivity index (χ0n) is 10.7. The first-order chi connectivity index (χ1) is 9.20. The van der Waals surface area contributed by atoms with Gasteiger partial charge in [-0.3, -0.25) is 0 Å². The molecule has 0 saturated heterocycles. The Kier molecular flexibility index (Phi) is 4.78. The van der Waals surface area contributed by atoms with Gasteiger partial charge in [0.2, 0.25) is 0 Å². The number of benzene rings is 2. The van der Waals surface area contributed by atoms with Crippen LogP contribution >= 0.6 is 0 Å². The van der Waals surface area contributed by atoms with Gasteiger partial charge in [-0.1, -0.05) is 0 Å². The minimum absolute atomic E-state index is 0.136. The zero-order chi connectivity index (χ0) is 13.7. The van der Waals surface area contributed by atoms with E-state index < -0.39 is 0 Å². The summed E-state index contributed by atoms with van der Waals surface area (Å²) in [4.78, 5) is 12.1. The predicted octanol–water partition coefficient (Wildman–Crippen LogP) is 3.08. The van der Waals surface area contributed by atoms with Crippen LogP contribution in [0, 0.1) is 0 Å². The molecule has 0 spiro atoms. The molecule has 0 N–H and O–H groups in total. The third kappa shape index (κ3) is 3.69. The number of carbonyl (C=O) groups excluding carboxylic acids is 1. The molecule has 2 nitrogen and oxygen atoms in total. The normalized spacial score (nSPS) is 11.9. The molecule has 0 aliphatic heterocycles. The number of ketones is 1. The first-order valence-corrected chi connectivity index (χ1v) is 7.07. The zero-order valence-corrected chi connectivity index (χ0v) is 12.4. The molecule has 0 amide bonds. The van der Waals surface area contributed by atoms with Gasteiger partial charge in [0.25, 0.3) is 0 Å². The van der Waals surface area contributed by atoms with Gasteiger partial charge in [0.05, 0.1) is 0 Å². The molecular weight excluding hydrogens is 303 g/mol. The summed E-state index contributed by atoms with van der Waals surface area (Å²) in [6, 6.07) is 17.2. The number of carbonyl (C=O) groups is 1. The standard InChI is InChI=1S/C16H15O2Se/c1-18-14-9-7-12(8-10-14)11-15(19)16(17)13-5-3-2-4-6-13/h2-10,15H,11H2,1H3. The summed E-state index contributed by atoms with van der Waals surface area (Å²) in [5.74, 6) is 0.964. The van der Waals surface area contributed by atoms with Crippen LogP contribution in [-0.2, 0) is 6.42 Å². The van der Waals surface area contributed by atoms with Gasteiger partial charge >= 0.3 is 121 Å². The van der Waals surface area contributed by atoms with Crippen molar-refractivity contribution in [2.45, 2.75) is 11.2 Å². The second-order valence-corrected chi connectivity index (χ2v) is 5.46. The molecule has 19 heavy (non-hydrogen) atoms. The summed E-state index contributed by atoms with van der Waals surface area (Å²) < 4.78 is 5.12. The average Bonchev–Trinajstić information content (AvgIpc) is 2.48. The molecule has 0 aliphatic rings. The van der Waals surface area contributed by atoms with Crippen molar-refractivity contribution < 1.29 is 9.53 Å². The molecular formula is C16H15O2Se. The summed E-state index contributed by atoms with van der Waals surface area (Å²) in [5, 5.41) is 0. The Morgan fingerprint density at radius 2 is 1.74 bits per heavy atom. The maximum absolute atomic E-state index is 12.2. The van der Waals surface area contributed by atoms with E-state index in [9.17, 15) is 4.79 Å². The van der Waals surface area contributed by atoms with E-state index in [0.717, 1.165) is 16.9 Å².